The third-order valence-electron chi connectivity index (χ3n) is 2.30. The van der Waals surface area contributed by atoms with E-state index >= 15 is 0 Å². The lowest BCUT2D eigenvalue weighted by atomic mass is 9.93. The van der Waals surface area contributed by atoms with E-state index in [9.17, 15) is 0 Å². The van der Waals surface area contributed by atoms with Gasteiger partial charge < -0.3 is 0 Å². The molecule has 1 aromatic carbocycles. The first-order valence-electron chi connectivity index (χ1n) is 5.04. The summed E-state index contributed by atoms with van der Waals surface area (Å²) in [4.78, 5) is 0. The fourth-order valence-electron chi connectivity index (χ4n) is 1.82. The first-order valence-corrected chi connectivity index (χ1v) is 5.04. The van der Waals surface area contributed by atoms with Gasteiger partial charge in [-0.1, -0.05) is 31.5 Å². The molecule has 0 aromatic heterocycles. The minimum atomic E-state index is 0.600. The average Bonchev–Trinajstić information content (AvgIpc) is 2.01. The van der Waals surface area contributed by atoms with E-state index in [0.717, 1.165) is 17.5 Å². The van der Waals surface area contributed by atoms with E-state index in [-0.39, 0.29) is 0 Å². The molecule has 0 bridgehead atoms. The SMILES string of the molecule is Cc1cc(C)c(C#N)c(CC(C)C)c1. The van der Waals surface area contributed by atoms with E-state index in [4.69, 9.17) is 5.26 Å². The van der Waals surface area contributed by atoms with E-state index < -0.39 is 0 Å². The second-order valence-corrected chi connectivity index (χ2v) is 4.33. The second kappa shape index (κ2) is 4.28. The van der Waals surface area contributed by atoms with Gasteiger partial charge in [-0.15, -0.1) is 0 Å². The molecule has 1 aromatic rings. The molecule has 0 amide bonds. The molecule has 14 heavy (non-hydrogen) atoms. The van der Waals surface area contributed by atoms with Crippen molar-refractivity contribution in [1.82, 2.24) is 0 Å². The Morgan fingerprint density at radius 2 is 1.93 bits per heavy atom. The first kappa shape index (κ1) is 10.8. The normalized spacial score (nSPS) is 10.3. The van der Waals surface area contributed by atoms with Gasteiger partial charge in [-0.2, -0.15) is 5.26 Å². The minimum absolute atomic E-state index is 0.600. The van der Waals surface area contributed by atoms with Crippen LogP contribution in [-0.2, 0) is 6.42 Å². The molecule has 0 saturated heterocycles. The third kappa shape index (κ3) is 2.35. The number of nitriles is 1. The van der Waals surface area contributed by atoms with Gasteiger partial charge in [0.25, 0.3) is 0 Å². The van der Waals surface area contributed by atoms with Crippen molar-refractivity contribution >= 4 is 0 Å². The number of hydrogen-bond donors (Lipinski definition) is 0. The third-order valence-corrected chi connectivity index (χ3v) is 2.30. The fraction of sp³-hybridized carbons (Fsp3) is 0.462. The Bertz CT molecular complexity index is 370. The van der Waals surface area contributed by atoms with E-state index in [1.165, 1.54) is 11.1 Å². The van der Waals surface area contributed by atoms with Gasteiger partial charge in [0, 0.05) is 0 Å². The second-order valence-electron chi connectivity index (χ2n) is 4.33. The van der Waals surface area contributed by atoms with Crippen LogP contribution in [0.15, 0.2) is 12.1 Å². The van der Waals surface area contributed by atoms with Crippen molar-refractivity contribution in [2.75, 3.05) is 0 Å². The quantitative estimate of drug-likeness (QED) is 0.696. The Hall–Kier alpha value is -1.29. The highest BCUT2D eigenvalue weighted by Gasteiger charge is 2.07. The minimum Gasteiger partial charge on any atom is -0.192 e. The molecular weight excluding hydrogens is 170 g/mol. The molecule has 0 aliphatic rings. The highest BCUT2D eigenvalue weighted by atomic mass is 14.3. The van der Waals surface area contributed by atoms with Crippen LogP contribution >= 0.6 is 0 Å². The molecule has 0 aliphatic heterocycles. The van der Waals surface area contributed by atoms with Crippen LogP contribution in [0.4, 0.5) is 0 Å². The van der Waals surface area contributed by atoms with Crippen LogP contribution in [0.5, 0.6) is 0 Å². The summed E-state index contributed by atoms with van der Waals surface area (Å²) in [6.45, 7) is 8.45. The van der Waals surface area contributed by atoms with Crippen LogP contribution in [-0.4, -0.2) is 0 Å². The molecule has 0 unspecified atom stereocenters. The molecule has 74 valence electrons. The van der Waals surface area contributed by atoms with E-state index in [2.05, 4.69) is 39.0 Å². The predicted octanol–water partition coefficient (Wildman–Crippen LogP) is 3.37. The highest BCUT2D eigenvalue weighted by Crippen LogP contribution is 2.19. The molecule has 1 rings (SSSR count). The van der Waals surface area contributed by atoms with Gasteiger partial charge >= 0.3 is 0 Å². The van der Waals surface area contributed by atoms with E-state index in [1.54, 1.807) is 0 Å². The Morgan fingerprint density at radius 3 is 2.43 bits per heavy atom. The highest BCUT2D eigenvalue weighted by molar-refractivity contribution is 5.46. The summed E-state index contributed by atoms with van der Waals surface area (Å²) in [6.07, 6.45) is 0.991. The van der Waals surface area contributed by atoms with Gasteiger partial charge in [-0.05, 0) is 37.3 Å². The summed E-state index contributed by atoms with van der Waals surface area (Å²) >= 11 is 0. The number of hydrogen-bond acceptors (Lipinski definition) is 1. The number of benzene rings is 1. The molecule has 0 saturated carbocycles. The topological polar surface area (TPSA) is 23.8 Å². The number of rotatable bonds is 2. The molecule has 0 radical (unpaired) electrons. The smallest absolute Gasteiger partial charge is 0.0997 e. The summed E-state index contributed by atoms with van der Waals surface area (Å²) in [6, 6.07) is 6.50. The van der Waals surface area contributed by atoms with Crippen molar-refractivity contribution in [3.63, 3.8) is 0 Å². The zero-order chi connectivity index (χ0) is 10.7. The van der Waals surface area contributed by atoms with Gasteiger partial charge in [0.15, 0.2) is 0 Å². The maximum absolute atomic E-state index is 9.05. The van der Waals surface area contributed by atoms with Gasteiger partial charge in [-0.25, -0.2) is 0 Å². The van der Waals surface area contributed by atoms with E-state index in [0.29, 0.717) is 5.92 Å². The zero-order valence-corrected chi connectivity index (χ0v) is 9.39. The molecule has 0 spiro atoms. The fourth-order valence-corrected chi connectivity index (χ4v) is 1.82. The molecular formula is C13H17N. The summed E-state index contributed by atoms with van der Waals surface area (Å²) in [5, 5.41) is 9.05. The van der Waals surface area contributed by atoms with Crippen molar-refractivity contribution in [3.8, 4) is 6.07 Å². The summed E-state index contributed by atoms with van der Waals surface area (Å²) in [5.74, 6) is 0.600. The summed E-state index contributed by atoms with van der Waals surface area (Å²) in [5.41, 5.74) is 4.41. The van der Waals surface area contributed by atoms with E-state index in [1.807, 2.05) is 6.92 Å². The maximum Gasteiger partial charge on any atom is 0.0997 e. The van der Waals surface area contributed by atoms with Crippen molar-refractivity contribution in [1.29, 1.82) is 5.26 Å². The number of aryl methyl sites for hydroxylation is 2. The van der Waals surface area contributed by atoms with Crippen LogP contribution in [0.1, 0.15) is 36.1 Å². The maximum atomic E-state index is 9.05. The lowest BCUT2D eigenvalue weighted by Crippen LogP contribution is -2.00. The lowest BCUT2D eigenvalue weighted by molar-refractivity contribution is 0.645. The Labute approximate surface area is 86.4 Å². The number of nitrogens with zero attached hydrogens (tertiary/aromatic N) is 1. The van der Waals surface area contributed by atoms with Crippen molar-refractivity contribution in [2.45, 2.75) is 34.1 Å². The average molecular weight is 187 g/mol. The van der Waals surface area contributed by atoms with Gasteiger partial charge in [-0.3, -0.25) is 0 Å². The molecule has 0 heterocycles. The summed E-state index contributed by atoms with van der Waals surface area (Å²) < 4.78 is 0. The zero-order valence-electron chi connectivity index (χ0n) is 9.39. The van der Waals surface area contributed by atoms with Gasteiger partial charge in [0.1, 0.15) is 0 Å². The van der Waals surface area contributed by atoms with Crippen molar-refractivity contribution < 1.29 is 0 Å². The largest absolute Gasteiger partial charge is 0.192 e. The molecule has 0 atom stereocenters. The Balaban J connectivity index is 3.20. The Morgan fingerprint density at radius 1 is 1.29 bits per heavy atom. The van der Waals surface area contributed by atoms with Crippen LogP contribution in [0.25, 0.3) is 0 Å². The van der Waals surface area contributed by atoms with Crippen molar-refractivity contribution in [3.05, 3.63) is 34.4 Å². The standard InChI is InChI=1S/C13H17N/c1-9(2)5-12-7-10(3)6-11(4)13(12)8-14/h6-7,9H,5H2,1-4H3. The van der Waals surface area contributed by atoms with Crippen LogP contribution in [0.3, 0.4) is 0 Å². The molecule has 0 fully saturated rings. The van der Waals surface area contributed by atoms with Gasteiger partial charge in [0.05, 0.1) is 11.6 Å². The van der Waals surface area contributed by atoms with Crippen LogP contribution in [0, 0.1) is 31.1 Å². The monoisotopic (exact) mass is 187 g/mol. The molecule has 0 N–H and O–H groups in total. The van der Waals surface area contributed by atoms with Gasteiger partial charge in [0.2, 0.25) is 0 Å². The van der Waals surface area contributed by atoms with Crippen LogP contribution in [0.2, 0.25) is 0 Å². The van der Waals surface area contributed by atoms with Crippen molar-refractivity contribution in [2.24, 2.45) is 5.92 Å². The molecule has 1 nitrogen and oxygen atoms in total. The predicted molar refractivity (Wildman–Crippen MR) is 59.2 cm³/mol. The lowest BCUT2D eigenvalue weighted by Gasteiger charge is -2.10. The molecule has 0 aliphatic carbocycles. The summed E-state index contributed by atoms with van der Waals surface area (Å²) in [7, 11) is 0. The molecule has 1 heteroatoms. The Kier molecular flexibility index (Phi) is 3.30. The first-order chi connectivity index (χ1) is 6.54. The van der Waals surface area contributed by atoms with Crippen LogP contribution < -0.4 is 0 Å².